The summed E-state index contributed by atoms with van der Waals surface area (Å²) in [4.78, 5) is 26.4. The van der Waals surface area contributed by atoms with Crippen molar-refractivity contribution < 1.29 is 9.72 Å². The number of hydrogen-bond donors (Lipinski definition) is 2. The zero-order valence-corrected chi connectivity index (χ0v) is 12.0. The van der Waals surface area contributed by atoms with Crippen molar-refractivity contribution in [3.05, 3.63) is 43.9 Å². The number of rotatable bonds is 4. The fourth-order valence-electron chi connectivity index (χ4n) is 2.21. The Kier molecular flexibility index (Phi) is 3.30. The molecule has 3 rings (SSSR count). The molecule has 21 heavy (non-hydrogen) atoms. The van der Waals surface area contributed by atoms with Gasteiger partial charge < -0.3 is 10.6 Å². The summed E-state index contributed by atoms with van der Waals surface area (Å²) in [5.74, 6) is -0.146. The number of carbonyl (C=O) groups excluding carboxylic acids is 1. The molecular formula is C13H12N4O3S. The minimum Gasteiger partial charge on any atom is -0.373 e. The van der Waals surface area contributed by atoms with E-state index in [0.717, 1.165) is 10.7 Å². The Labute approximate surface area is 124 Å². The number of thiazole rings is 1. The van der Waals surface area contributed by atoms with Gasteiger partial charge in [-0.25, -0.2) is 4.98 Å². The lowest BCUT2D eigenvalue weighted by atomic mass is 10.1. The summed E-state index contributed by atoms with van der Waals surface area (Å²) >= 11 is 1.50. The highest BCUT2D eigenvalue weighted by molar-refractivity contribution is 7.09. The predicted octanol–water partition coefficient (Wildman–Crippen LogP) is 2.47. The lowest BCUT2D eigenvalue weighted by Crippen LogP contribution is -2.04. The number of nitrogens with one attached hydrogen (secondary N) is 2. The molecule has 2 aromatic rings. The van der Waals surface area contributed by atoms with Crippen LogP contribution >= 0.6 is 11.3 Å². The van der Waals surface area contributed by atoms with Crippen LogP contribution in [0, 0.1) is 17.0 Å². The molecule has 1 aromatic heterocycles. The Balaban J connectivity index is 1.88. The summed E-state index contributed by atoms with van der Waals surface area (Å²) in [7, 11) is 0. The molecular weight excluding hydrogens is 292 g/mol. The minimum absolute atomic E-state index is 0.0291. The molecule has 2 heterocycles. The quantitative estimate of drug-likeness (QED) is 0.668. The van der Waals surface area contributed by atoms with Crippen molar-refractivity contribution in [1.82, 2.24) is 4.98 Å². The smallest absolute Gasteiger partial charge is 0.292 e. The van der Waals surface area contributed by atoms with Gasteiger partial charge in [-0.3, -0.25) is 14.9 Å². The second-order valence-electron chi connectivity index (χ2n) is 4.74. The van der Waals surface area contributed by atoms with Crippen LogP contribution in [0.1, 0.15) is 16.3 Å². The maximum absolute atomic E-state index is 11.4. The lowest BCUT2D eigenvalue weighted by Gasteiger charge is -2.08. The van der Waals surface area contributed by atoms with E-state index in [0.29, 0.717) is 23.5 Å². The third-order valence-corrected chi connectivity index (χ3v) is 4.11. The zero-order valence-electron chi connectivity index (χ0n) is 11.2. The van der Waals surface area contributed by atoms with Gasteiger partial charge in [0.25, 0.3) is 5.69 Å². The van der Waals surface area contributed by atoms with E-state index in [1.165, 1.54) is 17.4 Å². The normalized spacial score (nSPS) is 12.9. The second kappa shape index (κ2) is 5.13. The van der Waals surface area contributed by atoms with E-state index >= 15 is 0 Å². The van der Waals surface area contributed by atoms with Crippen molar-refractivity contribution in [2.45, 2.75) is 19.9 Å². The van der Waals surface area contributed by atoms with Crippen LogP contribution in [0.4, 0.5) is 17.1 Å². The molecule has 0 aliphatic carbocycles. The van der Waals surface area contributed by atoms with E-state index in [4.69, 9.17) is 0 Å². The summed E-state index contributed by atoms with van der Waals surface area (Å²) < 4.78 is 0. The van der Waals surface area contributed by atoms with E-state index < -0.39 is 4.92 Å². The number of anilines is 2. The number of nitro benzene ring substituents is 1. The Hall–Kier alpha value is -2.48. The lowest BCUT2D eigenvalue weighted by molar-refractivity contribution is -0.384. The minimum atomic E-state index is -0.446. The Bertz CT molecular complexity index is 741. The number of nitrogens with zero attached hydrogens (tertiary/aromatic N) is 2. The van der Waals surface area contributed by atoms with Gasteiger partial charge in [-0.15, -0.1) is 11.3 Å². The van der Waals surface area contributed by atoms with Crippen LogP contribution in [0.25, 0.3) is 0 Å². The molecule has 1 aliphatic rings. The van der Waals surface area contributed by atoms with E-state index in [1.54, 1.807) is 6.07 Å². The average molecular weight is 304 g/mol. The Morgan fingerprint density at radius 3 is 3.00 bits per heavy atom. The number of aromatic nitrogens is 1. The maximum atomic E-state index is 11.4. The molecule has 108 valence electrons. The van der Waals surface area contributed by atoms with Gasteiger partial charge in [0.1, 0.15) is 10.7 Å². The molecule has 1 aromatic carbocycles. The Morgan fingerprint density at radius 1 is 1.52 bits per heavy atom. The average Bonchev–Trinajstić information content (AvgIpc) is 2.99. The maximum Gasteiger partial charge on any atom is 0.292 e. The van der Waals surface area contributed by atoms with Gasteiger partial charge in [-0.2, -0.15) is 0 Å². The van der Waals surface area contributed by atoms with Crippen molar-refractivity contribution in [2.24, 2.45) is 0 Å². The second-order valence-corrected chi connectivity index (χ2v) is 5.69. The van der Waals surface area contributed by atoms with Gasteiger partial charge >= 0.3 is 0 Å². The number of nitro groups is 1. The van der Waals surface area contributed by atoms with Gasteiger partial charge in [0, 0.05) is 22.8 Å². The van der Waals surface area contributed by atoms with Gasteiger partial charge in [-0.05, 0) is 18.6 Å². The summed E-state index contributed by atoms with van der Waals surface area (Å²) in [6.07, 6.45) is 0.183. The van der Waals surface area contributed by atoms with Crippen molar-refractivity contribution in [3.63, 3.8) is 0 Å². The summed E-state index contributed by atoms with van der Waals surface area (Å²) in [5, 5.41) is 19.7. The van der Waals surface area contributed by atoms with Crippen LogP contribution in [0.5, 0.6) is 0 Å². The van der Waals surface area contributed by atoms with E-state index in [-0.39, 0.29) is 18.0 Å². The molecule has 0 atom stereocenters. The van der Waals surface area contributed by atoms with Crippen molar-refractivity contribution in [2.75, 3.05) is 10.6 Å². The van der Waals surface area contributed by atoms with Gasteiger partial charge in [0.2, 0.25) is 5.91 Å². The molecule has 0 radical (unpaired) electrons. The van der Waals surface area contributed by atoms with Crippen LogP contribution in [0.3, 0.4) is 0 Å². The van der Waals surface area contributed by atoms with Crippen LogP contribution < -0.4 is 10.6 Å². The number of fused-ring (bicyclic) bond motifs is 1. The molecule has 2 N–H and O–H groups in total. The van der Waals surface area contributed by atoms with Crippen LogP contribution in [0.2, 0.25) is 0 Å². The monoisotopic (exact) mass is 304 g/mol. The molecule has 0 spiro atoms. The van der Waals surface area contributed by atoms with E-state index in [1.807, 2.05) is 12.3 Å². The number of amides is 1. The fourth-order valence-corrected chi connectivity index (χ4v) is 2.92. The molecule has 0 saturated heterocycles. The summed E-state index contributed by atoms with van der Waals surface area (Å²) in [6.45, 7) is 2.31. The standard InChI is InChI=1S/C13H12N4O3S/c1-7-6-21-13(15-7)5-14-10-4-9-8(3-12(18)16-9)2-11(10)17(19)20/h2,4,6,14H,3,5H2,1H3,(H,16,18). The third-order valence-electron chi connectivity index (χ3n) is 3.14. The van der Waals surface area contributed by atoms with Crippen LogP contribution in [-0.4, -0.2) is 15.8 Å². The molecule has 8 heteroatoms. The first-order chi connectivity index (χ1) is 10.0. The fraction of sp³-hybridized carbons (Fsp3) is 0.231. The Morgan fingerprint density at radius 2 is 2.33 bits per heavy atom. The third kappa shape index (κ3) is 2.70. The van der Waals surface area contributed by atoms with Gasteiger partial charge in [-0.1, -0.05) is 0 Å². The molecule has 1 amide bonds. The first-order valence-electron chi connectivity index (χ1n) is 6.29. The highest BCUT2D eigenvalue weighted by Gasteiger charge is 2.24. The number of aryl methyl sites for hydroxylation is 1. The van der Waals surface area contributed by atoms with Gasteiger partial charge in [0.15, 0.2) is 0 Å². The SMILES string of the molecule is Cc1csc(CNc2cc3c(cc2[N+](=O)[O-])CC(=O)N3)n1. The largest absolute Gasteiger partial charge is 0.373 e. The highest BCUT2D eigenvalue weighted by Crippen LogP contribution is 2.34. The molecule has 0 fully saturated rings. The van der Waals surface area contributed by atoms with Crippen LogP contribution in [-0.2, 0) is 17.8 Å². The first-order valence-corrected chi connectivity index (χ1v) is 7.17. The van der Waals surface area contributed by atoms with Crippen molar-refractivity contribution in [1.29, 1.82) is 0 Å². The zero-order chi connectivity index (χ0) is 15.0. The van der Waals surface area contributed by atoms with E-state index in [9.17, 15) is 14.9 Å². The highest BCUT2D eigenvalue weighted by atomic mass is 32.1. The molecule has 0 unspecified atom stereocenters. The first kappa shape index (κ1) is 13.5. The van der Waals surface area contributed by atoms with Gasteiger partial charge in [0.05, 0.1) is 17.9 Å². The van der Waals surface area contributed by atoms with Crippen LogP contribution in [0.15, 0.2) is 17.5 Å². The summed E-state index contributed by atoms with van der Waals surface area (Å²) in [6, 6.07) is 3.06. The molecule has 0 bridgehead atoms. The number of hydrogen-bond acceptors (Lipinski definition) is 6. The van der Waals surface area contributed by atoms with E-state index in [2.05, 4.69) is 15.6 Å². The topological polar surface area (TPSA) is 97.2 Å². The van der Waals surface area contributed by atoms with Crippen molar-refractivity contribution >= 4 is 34.3 Å². The number of benzene rings is 1. The predicted molar refractivity (Wildman–Crippen MR) is 79.6 cm³/mol. The molecule has 0 saturated carbocycles. The molecule has 1 aliphatic heterocycles. The number of carbonyl (C=O) groups is 1. The molecule has 7 nitrogen and oxygen atoms in total. The van der Waals surface area contributed by atoms with Crippen molar-refractivity contribution in [3.8, 4) is 0 Å². The summed E-state index contributed by atoms with van der Waals surface area (Å²) in [5.41, 5.74) is 2.56.